The Morgan fingerprint density at radius 1 is 0.474 bits per heavy atom. The van der Waals surface area contributed by atoms with E-state index in [2.05, 4.69) is 194 Å². The SMILES string of the molecule is CC1(C)c2ccccc2N(c2ccc(-c3ccc(/C=C/c4ccc5c(c4)C4(CCCC4)c4cc(N6CCCc7ccccc76)ccc4-5)cc3)cc2)c2ccccc21. The molecule has 11 rings (SSSR count). The van der Waals surface area contributed by atoms with Gasteiger partial charge in [-0.15, -0.1) is 0 Å². The van der Waals surface area contributed by atoms with Gasteiger partial charge in [-0.05, 0) is 129 Å². The maximum atomic E-state index is 2.56. The highest BCUT2D eigenvalue weighted by Crippen LogP contribution is 2.58. The molecular formula is C55H48N2. The van der Waals surface area contributed by atoms with E-state index in [1.165, 1.54) is 123 Å². The fourth-order valence-electron chi connectivity index (χ4n) is 10.8. The summed E-state index contributed by atoms with van der Waals surface area (Å²) >= 11 is 0. The Balaban J connectivity index is 0.844. The van der Waals surface area contributed by atoms with E-state index in [0.717, 1.165) is 6.54 Å². The van der Waals surface area contributed by atoms with Crippen molar-refractivity contribution in [3.05, 3.63) is 197 Å². The number of anilines is 5. The van der Waals surface area contributed by atoms with Crippen LogP contribution in [0.5, 0.6) is 0 Å². The molecule has 1 saturated carbocycles. The lowest BCUT2D eigenvalue weighted by Gasteiger charge is -2.42. The van der Waals surface area contributed by atoms with E-state index >= 15 is 0 Å². The van der Waals surface area contributed by atoms with Gasteiger partial charge in [0.25, 0.3) is 0 Å². The summed E-state index contributed by atoms with van der Waals surface area (Å²) in [7, 11) is 0. The molecule has 2 heterocycles. The Labute approximate surface area is 337 Å². The summed E-state index contributed by atoms with van der Waals surface area (Å²) in [5.41, 5.74) is 21.6. The maximum absolute atomic E-state index is 2.56. The molecule has 2 nitrogen and oxygen atoms in total. The van der Waals surface area contributed by atoms with Gasteiger partial charge in [0.2, 0.25) is 0 Å². The average Bonchev–Trinajstić information content (AvgIpc) is 3.86. The van der Waals surface area contributed by atoms with Crippen molar-refractivity contribution in [2.45, 2.75) is 63.2 Å². The number of hydrogen-bond acceptors (Lipinski definition) is 2. The zero-order valence-corrected chi connectivity index (χ0v) is 33.0. The van der Waals surface area contributed by atoms with Crippen LogP contribution in [0.1, 0.15) is 84.9 Å². The molecule has 0 radical (unpaired) electrons. The first kappa shape index (κ1) is 34.2. The second kappa shape index (κ2) is 13.2. The summed E-state index contributed by atoms with van der Waals surface area (Å²) in [6.45, 7) is 5.76. The summed E-state index contributed by atoms with van der Waals surface area (Å²) in [5.74, 6) is 0. The molecule has 0 saturated heterocycles. The number of nitrogens with zero attached hydrogens (tertiary/aromatic N) is 2. The lowest BCUT2D eigenvalue weighted by molar-refractivity contribution is 0.549. The Bertz CT molecular complexity index is 2640. The predicted molar refractivity (Wildman–Crippen MR) is 241 cm³/mol. The Morgan fingerprint density at radius 2 is 1.02 bits per heavy atom. The van der Waals surface area contributed by atoms with Crippen LogP contribution in [0.4, 0.5) is 28.4 Å². The Morgan fingerprint density at radius 3 is 1.72 bits per heavy atom. The van der Waals surface area contributed by atoms with Gasteiger partial charge in [-0.25, -0.2) is 0 Å². The molecule has 1 fully saturated rings. The summed E-state index contributed by atoms with van der Waals surface area (Å²) in [6.07, 6.45) is 12.0. The van der Waals surface area contributed by atoms with Gasteiger partial charge in [-0.3, -0.25) is 0 Å². The topological polar surface area (TPSA) is 6.48 Å². The van der Waals surface area contributed by atoms with Crippen molar-refractivity contribution in [2.75, 3.05) is 16.3 Å². The minimum Gasteiger partial charge on any atom is -0.341 e. The standard InChI is InChI=1S/C55H48N2/c1-54(2)47-14-4-7-17-52(47)57(53-18-8-5-15-48(53)54)43-28-26-41(27-29-43)40-24-21-38(22-25-40)19-20-39-23-31-45-46-32-30-44(56-35-11-13-42-12-3-6-16-51(42)56)37-50(46)55(49(45)36-39)33-9-10-34-55/h3-8,12,14-32,36-37H,9-11,13,33-35H2,1-2H3/b20-19+. The summed E-state index contributed by atoms with van der Waals surface area (Å²) < 4.78 is 0. The highest BCUT2D eigenvalue weighted by molar-refractivity contribution is 5.88. The van der Waals surface area contributed by atoms with E-state index in [-0.39, 0.29) is 10.8 Å². The molecule has 0 atom stereocenters. The predicted octanol–water partition coefficient (Wildman–Crippen LogP) is 14.6. The summed E-state index contributed by atoms with van der Waals surface area (Å²) in [4.78, 5) is 4.99. The lowest BCUT2D eigenvalue weighted by Crippen LogP contribution is -2.30. The van der Waals surface area contributed by atoms with E-state index in [9.17, 15) is 0 Å². The molecule has 2 aliphatic carbocycles. The van der Waals surface area contributed by atoms with E-state index in [4.69, 9.17) is 0 Å². The largest absolute Gasteiger partial charge is 0.341 e. The van der Waals surface area contributed by atoms with Crippen LogP contribution in [-0.2, 0) is 17.3 Å². The number of para-hydroxylation sites is 3. The van der Waals surface area contributed by atoms with Crippen LogP contribution >= 0.6 is 0 Å². The maximum Gasteiger partial charge on any atom is 0.0502 e. The third-order valence-electron chi connectivity index (χ3n) is 13.7. The van der Waals surface area contributed by atoms with Crippen LogP contribution in [0.3, 0.4) is 0 Å². The van der Waals surface area contributed by atoms with Crippen LogP contribution in [0.25, 0.3) is 34.4 Å². The van der Waals surface area contributed by atoms with Crippen LogP contribution in [0.15, 0.2) is 158 Å². The van der Waals surface area contributed by atoms with Gasteiger partial charge in [-0.1, -0.05) is 154 Å². The highest BCUT2D eigenvalue weighted by atomic mass is 15.2. The van der Waals surface area contributed by atoms with E-state index in [1.54, 1.807) is 5.56 Å². The zero-order chi connectivity index (χ0) is 38.1. The molecule has 0 aromatic heterocycles. The van der Waals surface area contributed by atoms with Gasteiger partial charge in [-0.2, -0.15) is 0 Å². The molecule has 2 heteroatoms. The molecule has 0 unspecified atom stereocenters. The molecule has 0 bridgehead atoms. The molecule has 1 spiro atoms. The van der Waals surface area contributed by atoms with Crippen molar-refractivity contribution in [2.24, 2.45) is 0 Å². The average molecular weight is 737 g/mol. The van der Waals surface area contributed by atoms with Crippen molar-refractivity contribution in [3.8, 4) is 22.3 Å². The molecule has 7 aromatic carbocycles. The molecule has 278 valence electrons. The Kier molecular flexibility index (Phi) is 7.93. The minimum absolute atomic E-state index is 0.0597. The van der Waals surface area contributed by atoms with Gasteiger partial charge >= 0.3 is 0 Å². The first-order valence-electron chi connectivity index (χ1n) is 21.0. The number of rotatable bonds is 5. The molecule has 2 aliphatic heterocycles. The van der Waals surface area contributed by atoms with Gasteiger partial charge < -0.3 is 9.80 Å². The van der Waals surface area contributed by atoms with Crippen molar-refractivity contribution < 1.29 is 0 Å². The molecule has 57 heavy (non-hydrogen) atoms. The number of benzene rings is 7. The molecular weight excluding hydrogens is 689 g/mol. The van der Waals surface area contributed by atoms with Crippen LogP contribution in [0, 0.1) is 0 Å². The lowest BCUT2D eigenvalue weighted by atomic mass is 9.73. The van der Waals surface area contributed by atoms with Gasteiger partial charge in [0.05, 0.1) is 11.4 Å². The quantitative estimate of drug-likeness (QED) is 0.162. The highest BCUT2D eigenvalue weighted by Gasteiger charge is 2.45. The third-order valence-corrected chi connectivity index (χ3v) is 13.7. The molecule has 7 aromatic rings. The molecule has 0 N–H and O–H groups in total. The van der Waals surface area contributed by atoms with Gasteiger partial charge in [0.15, 0.2) is 0 Å². The first-order valence-corrected chi connectivity index (χ1v) is 21.0. The second-order valence-electron chi connectivity index (χ2n) is 17.2. The van der Waals surface area contributed by atoms with Crippen molar-refractivity contribution in [3.63, 3.8) is 0 Å². The Hall–Kier alpha value is -6.12. The number of hydrogen-bond donors (Lipinski definition) is 0. The monoisotopic (exact) mass is 736 g/mol. The third kappa shape index (κ3) is 5.45. The van der Waals surface area contributed by atoms with E-state index < -0.39 is 0 Å². The van der Waals surface area contributed by atoms with Crippen molar-refractivity contribution in [1.29, 1.82) is 0 Å². The summed E-state index contributed by atoms with van der Waals surface area (Å²) in [5, 5.41) is 0. The van der Waals surface area contributed by atoms with Crippen LogP contribution in [-0.4, -0.2) is 6.54 Å². The summed E-state index contributed by atoms with van der Waals surface area (Å²) in [6, 6.07) is 59.3. The second-order valence-corrected chi connectivity index (χ2v) is 17.2. The smallest absolute Gasteiger partial charge is 0.0502 e. The van der Waals surface area contributed by atoms with Crippen LogP contribution in [0.2, 0.25) is 0 Å². The fraction of sp³-hybridized carbons (Fsp3) is 0.200. The van der Waals surface area contributed by atoms with E-state index in [0.29, 0.717) is 0 Å². The normalized spacial score (nSPS) is 16.9. The zero-order valence-electron chi connectivity index (χ0n) is 33.0. The number of fused-ring (bicyclic) bond motifs is 8. The van der Waals surface area contributed by atoms with Crippen LogP contribution < -0.4 is 9.80 Å². The van der Waals surface area contributed by atoms with Crippen molar-refractivity contribution in [1.82, 2.24) is 0 Å². The van der Waals surface area contributed by atoms with E-state index in [1.807, 2.05) is 0 Å². The minimum atomic E-state index is -0.0597. The first-order chi connectivity index (χ1) is 28.0. The van der Waals surface area contributed by atoms with Gasteiger partial charge in [0, 0.05) is 34.4 Å². The fourth-order valence-corrected chi connectivity index (χ4v) is 10.8. The molecule has 0 amide bonds. The molecule has 4 aliphatic rings. The van der Waals surface area contributed by atoms with Crippen molar-refractivity contribution >= 4 is 40.6 Å². The van der Waals surface area contributed by atoms with Gasteiger partial charge in [0.1, 0.15) is 0 Å². The number of aryl methyl sites for hydroxylation is 1.